The molecule has 27 heavy (non-hydrogen) atoms. The van der Waals surface area contributed by atoms with Crippen LogP contribution in [0.1, 0.15) is 33.1 Å². The Kier molecular flexibility index (Phi) is 5.77. The van der Waals surface area contributed by atoms with Gasteiger partial charge in [-0.05, 0) is 36.2 Å². The van der Waals surface area contributed by atoms with Gasteiger partial charge < -0.3 is 14.8 Å². The summed E-state index contributed by atoms with van der Waals surface area (Å²) in [6.45, 7) is 2.05. The Morgan fingerprint density at radius 2 is 1.44 bits per heavy atom. The second-order valence-electron chi connectivity index (χ2n) is 6.30. The minimum atomic E-state index is -0.243. The molecule has 1 N–H and O–H groups in total. The molecule has 0 radical (unpaired) electrons. The third-order valence-corrected chi connectivity index (χ3v) is 4.46. The molecule has 3 aromatic rings. The number of rotatable bonds is 6. The Balaban J connectivity index is 1.92. The molecule has 1 atom stereocenters. The van der Waals surface area contributed by atoms with Crippen LogP contribution in [0.5, 0.6) is 11.5 Å². The molecule has 0 aromatic heterocycles. The number of hydrogen-bond acceptors (Lipinski definition) is 3. The molecular formula is C23H23NO3. The van der Waals surface area contributed by atoms with Crippen molar-refractivity contribution in [2.24, 2.45) is 0 Å². The summed E-state index contributed by atoms with van der Waals surface area (Å²) < 4.78 is 10.6. The standard InChI is InChI=1S/C23H23NO3/c1-16-9-11-18(12-10-16)22(17-7-5-4-6-8-17)24-23(25)19-13-14-20(26-2)21(15-19)27-3/h4-15,22H,1-3H3,(H,24,25)/t22-/m1/s1. The molecule has 138 valence electrons. The van der Waals surface area contributed by atoms with Gasteiger partial charge in [0.2, 0.25) is 0 Å². The lowest BCUT2D eigenvalue weighted by Gasteiger charge is -2.20. The number of methoxy groups -OCH3 is 2. The van der Waals surface area contributed by atoms with Gasteiger partial charge in [0, 0.05) is 5.56 Å². The van der Waals surface area contributed by atoms with Gasteiger partial charge in [0.15, 0.2) is 11.5 Å². The topological polar surface area (TPSA) is 47.6 Å². The van der Waals surface area contributed by atoms with Crippen molar-refractivity contribution in [2.45, 2.75) is 13.0 Å². The third-order valence-electron chi connectivity index (χ3n) is 4.46. The first kappa shape index (κ1) is 18.5. The lowest BCUT2D eigenvalue weighted by Crippen LogP contribution is -2.29. The van der Waals surface area contributed by atoms with E-state index in [4.69, 9.17) is 9.47 Å². The number of amides is 1. The molecule has 0 fully saturated rings. The van der Waals surface area contributed by atoms with Crippen LogP contribution in [0, 0.1) is 6.92 Å². The van der Waals surface area contributed by atoms with E-state index in [2.05, 4.69) is 5.32 Å². The maximum absolute atomic E-state index is 12.9. The van der Waals surface area contributed by atoms with E-state index < -0.39 is 0 Å². The molecular weight excluding hydrogens is 338 g/mol. The van der Waals surface area contributed by atoms with Crippen LogP contribution in [0.25, 0.3) is 0 Å². The van der Waals surface area contributed by atoms with Crippen molar-refractivity contribution >= 4 is 5.91 Å². The fourth-order valence-electron chi connectivity index (χ4n) is 2.96. The third kappa shape index (κ3) is 4.29. The average Bonchev–Trinajstić information content (AvgIpc) is 2.72. The monoisotopic (exact) mass is 361 g/mol. The van der Waals surface area contributed by atoms with Crippen molar-refractivity contribution in [3.8, 4) is 11.5 Å². The summed E-state index contributed by atoms with van der Waals surface area (Å²) in [5, 5.41) is 3.14. The molecule has 0 aliphatic rings. The predicted octanol–water partition coefficient (Wildman–Crippen LogP) is 4.53. The Labute approximate surface area is 159 Å². The molecule has 0 saturated heterocycles. The average molecular weight is 361 g/mol. The Morgan fingerprint density at radius 1 is 0.815 bits per heavy atom. The molecule has 0 spiro atoms. The van der Waals surface area contributed by atoms with E-state index >= 15 is 0 Å². The minimum absolute atomic E-state index is 0.176. The van der Waals surface area contributed by atoms with Crippen LogP contribution < -0.4 is 14.8 Å². The molecule has 0 unspecified atom stereocenters. The predicted molar refractivity (Wildman–Crippen MR) is 106 cm³/mol. The number of benzene rings is 3. The van der Waals surface area contributed by atoms with E-state index in [1.54, 1.807) is 32.4 Å². The maximum atomic E-state index is 12.9. The van der Waals surface area contributed by atoms with Gasteiger partial charge in [-0.15, -0.1) is 0 Å². The van der Waals surface area contributed by atoms with Crippen LogP contribution in [-0.2, 0) is 0 Å². The van der Waals surface area contributed by atoms with E-state index in [-0.39, 0.29) is 11.9 Å². The van der Waals surface area contributed by atoms with Crippen LogP contribution in [0.4, 0.5) is 0 Å². The Bertz CT molecular complexity index is 905. The van der Waals surface area contributed by atoms with Crippen molar-refractivity contribution in [1.29, 1.82) is 0 Å². The molecule has 0 aliphatic carbocycles. The first-order valence-corrected chi connectivity index (χ1v) is 8.76. The van der Waals surface area contributed by atoms with Crippen molar-refractivity contribution in [3.63, 3.8) is 0 Å². The Hall–Kier alpha value is -3.27. The van der Waals surface area contributed by atoms with E-state index in [0.717, 1.165) is 11.1 Å². The fourth-order valence-corrected chi connectivity index (χ4v) is 2.96. The first-order chi connectivity index (χ1) is 13.1. The highest BCUT2D eigenvalue weighted by atomic mass is 16.5. The van der Waals surface area contributed by atoms with Crippen LogP contribution in [-0.4, -0.2) is 20.1 Å². The minimum Gasteiger partial charge on any atom is -0.493 e. The van der Waals surface area contributed by atoms with Crippen molar-refractivity contribution in [1.82, 2.24) is 5.32 Å². The van der Waals surface area contributed by atoms with Crippen molar-refractivity contribution in [2.75, 3.05) is 14.2 Å². The van der Waals surface area contributed by atoms with Crippen LogP contribution in [0.2, 0.25) is 0 Å². The quantitative estimate of drug-likeness (QED) is 0.702. The lowest BCUT2D eigenvalue weighted by atomic mass is 9.97. The van der Waals surface area contributed by atoms with Crippen LogP contribution in [0.3, 0.4) is 0 Å². The summed E-state index contributed by atoms with van der Waals surface area (Å²) >= 11 is 0. The molecule has 3 aromatic carbocycles. The largest absolute Gasteiger partial charge is 0.493 e. The summed E-state index contributed by atoms with van der Waals surface area (Å²) in [4.78, 5) is 12.9. The number of carbonyl (C=O) groups excluding carboxylic acids is 1. The molecule has 1 amide bonds. The van der Waals surface area contributed by atoms with E-state index in [1.807, 2.05) is 61.5 Å². The van der Waals surface area contributed by atoms with Gasteiger partial charge in [-0.25, -0.2) is 0 Å². The van der Waals surface area contributed by atoms with Gasteiger partial charge in [-0.3, -0.25) is 4.79 Å². The normalized spacial score (nSPS) is 11.5. The zero-order valence-electron chi connectivity index (χ0n) is 15.7. The number of aryl methyl sites for hydroxylation is 1. The lowest BCUT2D eigenvalue weighted by molar-refractivity contribution is 0.0942. The Morgan fingerprint density at radius 3 is 2.07 bits per heavy atom. The maximum Gasteiger partial charge on any atom is 0.252 e. The highest BCUT2D eigenvalue weighted by molar-refractivity contribution is 5.95. The molecule has 0 saturated carbocycles. The van der Waals surface area contributed by atoms with E-state index in [0.29, 0.717) is 17.1 Å². The van der Waals surface area contributed by atoms with Crippen molar-refractivity contribution in [3.05, 3.63) is 95.1 Å². The molecule has 4 nitrogen and oxygen atoms in total. The number of hydrogen-bond donors (Lipinski definition) is 1. The molecule has 0 bridgehead atoms. The molecule has 4 heteroatoms. The number of carbonyl (C=O) groups is 1. The summed E-state index contributed by atoms with van der Waals surface area (Å²) in [5.41, 5.74) is 3.74. The van der Waals surface area contributed by atoms with Gasteiger partial charge in [-0.1, -0.05) is 60.2 Å². The SMILES string of the molecule is COc1ccc(C(=O)N[C@H](c2ccccc2)c2ccc(C)cc2)cc1OC. The molecule has 0 heterocycles. The van der Waals surface area contributed by atoms with E-state index in [9.17, 15) is 4.79 Å². The second-order valence-corrected chi connectivity index (χ2v) is 6.30. The second kappa shape index (κ2) is 8.41. The zero-order chi connectivity index (χ0) is 19.2. The fraction of sp³-hybridized carbons (Fsp3) is 0.174. The van der Waals surface area contributed by atoms with Gasteiger partial charge in [0.25, 0.3) is 5.91 Å². The van der Waals surface area contributed by atoms with Crippen LogP contribution >= 0.6 is 0 Å². The first-order valence-electron chi connectivity index (χ1n) is 8.76. The molecule has 3 rings (SSSR count). The highest BCUT2D eigenvalue weighted by Gasteiger charge is 2.19. The number of nitrogens with one attached hydrogen (secondary N) is 1. The molecule has 0 aliphatic heterocycles. The van der Waals surface area contributed by atoms with Gasteiger partial charge >= 0.3 is 0 Å². The summed E-state index contributed by atoms with van der Waals surface area (Å²) in [7, 11) is 3.12. The summed E-state index contributed by atoms with van der Waals surface area (Å²) in [6, 6.07) is 23.0. The van der Waals surface area contributed by atoms with E-state index in [1.165, 1.54) is 5.56 Å². The van der Waals surface area contributed by atoms with Crippen molar-refractivity contribution < 1.29 is 14.3 Å². The zero-order valence-corrected chi connectivity index (χ0v) is 15.7. The smallest absolute Gasteiger partial charge is 0.252 e. The summed E-state index contributed by atoms with van der Waals surface area (Å²) in [6.07, 6.45) is 0. The van der Waals surface area contributed by atoms with Gasteiger partial charge in [0.1, 0.15) is 0 Å². The summed E-state index contributed by atoms with van der Waals surface area (Å²) in [5.74, 6) is 0.939. The van der Waals surface area contributed by atoms with Crippen LogP contribution in [0.15, 0.2) is 72.8 Å². The number of ether oxygens (including phenoxy) is 2. The van der Waals surface area contributed by atoms with Gasteiger partial charge in [-0.2, -0.15) is 0 Å². The highest BCUT2D eigenvalue weighted by Crippen LogP contribution is 2.28. The van der Waals surface area contributed by atoms with Gasteiger partial charge in [0.05, 0.1) is 20.3 Å².